The molecule has 3 rings (SSSR count). The summed E-state index contributed by atoms with van der Waals surface area (Å²) in [6.07, 6.45) is 1.22. The second-order valence-corrected chi connectivity index (χ2v) is 7.60. The van der Waals surface area contributed by atoms with Crippen molar-refractivity contribution in [2.75, 3.05) is 35.9 Å². The number of anilines is 2. The highest BCUT2D eigenvalue weighted by atomic mass is 32.2. The third-order valence-corrected chi connectivity index (χ3v) is 5.33. The highest BCUT2D eigenvalue weighted by Gasteiger charge is 2.22. The molecule has 1 aliphatic heterocycles. The first kappa shape index (κ1) is 18.2. The van der Waals surface area contributed by atoms with Crippen molar-refractivity contribution in [3.8, 4) is 0 Å². The number of pyridine rings is 1. The molecule has 1 fully saturated rings. The van der Waals surface area contributed by atoms with Crippen LogP contribution in [0.15, 0.2) is 41.4 Å². The van der Waals surface area contributed by atoms with Gasteiger partial charge in [0.2, 0.25) is 0 Å². The quantitative estimate of drug-likeness (QED) is 0.817. The van der Waals surface area contributed by atoms with Crippen molar-refractivity contribution in [1.82, 2.24) is 4.98 Å². The number of hydrogen-bond acceptors (Lipinski definition) is 6. The third-order valence-electron chi connectivity index (χ3n) is 3.97. The summed E-state index contributed by atoms with van der Waals surface area (Å²) in [5.74, 6) is -0.795. The summed E-state index contributed by atoms with van der Waals surface area (Å²) in [6.45, 7) is 3.86. The van der Waals surface area contributed by atoms with Gasteiger partial charge in [0.05, 0.1) is 29.4 Å². The van der Waals surface area contributed by atoms with Crippen molar-refractivity contribution in [3.05, 3.63) is 47.7 Å². The number of carboxylic acid groups (broad SMARTS) is 1. The van der Waals surface area contributed by atoms with Gasteiger partial charge in [0.15, 0.2) is 5.82 Å². The number of aromatic nitrogens is 1. The summed E-state index contributed by atoms with van der Waals surface area (Å²) < 4.78 is 33.3. The number of ether oxygens (including phenoxy) is 1. The van der Waals surface area contributed by atoms with Gasteiger partial charge in [-0.3, -0.25) is 4.72 Å². The smallest absolute Gasteiger partial charge is 0.337 e. The van der Waals surface area contributed by atoms with E-state index in [4.69, 9.17) is 4.74 Å². The molecule has 138 valence electrons. The molecule has 1 aliphatic rings. The van der Waals surface area contributed by atoms with E-state index in [1.165, 1.54) is 18.3 Å². The lowest BCUT2D eigenvalue weighted by Gasteiger charge is -2.29. The maximum absolute atomic E-state index is 12.7. The van der Waals surface area contributed by atoms with E-state index < -0.39 is 16.0 Å². The predicted octanol–water partition coefficient (Wildman–Crippen LogP) is 1.73. The Labute approximate surface area is 151 Å². The van der Waals surface area contributed by atoms with Crippen molar-refractivity contribution in [3.63, 3.8) is 0 Å². The Hall–Kier alpha value is -2.65. The molecule has 0 saturated carbocycles. The van der Waals surface area contributed by atoms with Crippen LogP contribution in [0.1, 0.15) is 15.9 Å². The van der Waals surface area contributed by atoms with Crippen LogP contribution >= 0.6 is 0 Å². The average Bonchev–Trinajstić information content (AvgIpc) is 2.62. The molecule has 0 radical (unpaired) electrons. The van der Waals surface area contributed by atoms with E-state index >= 15 is 0 Å². The van der Waals surface area contributed by atoms with Crippen molar-refractivity contribution >= 4 is 27.5 Å². The minimum atomic E-state index is -3.88. The molecular formula is C17H19N3O5S. The Morgan fingerprint density at radius 1 is 1.27 bits per heavy atom. The SMILES string of the molecule is Cc1cccc(S(=O)(=O)Nc2cc(C(=O)O)cnc2N2CCOCC2)c1. The minimum absolute atomic E-state index is 0.0936. The number of benzene rings is 1. The molecule has 1 aromatic carbocycles. The molecule has 0 amide bonds. The van der Waals surface area contributed by atoms with Gasteiger partial charge < -0.3 is 14.7 Å². The maximum Gasteiger partial charge on any atom is 0.337 e. The normalized spacial score (nSPS) is 14.9. The molecular weight excluding hydrogens is 358 g/mol. The lowest BCUT2D eigenvalue weighted by Crippen LogP contribution is -2.37. The van der Waals surface area contributed by atoms with E-state index in [0.29, 0.717) is 32.1 Å². The lowest BCUT2D eigenvalue weighted by molar-refractivity contribution is 0.0696. The van der Waals surface area contributed by atoms with Gasteiger partial charge >= 0.3 is 5.97 Å². The third kappa shape index (κ3) is 3.94. The van der Waals surface area contributed by atoms with Crippen LogP contribution in [0.4, 0.5) is 11.5 Å². The van der Waals surface area contributed by atoms with E-state index in [0.717, 1.165) is 5.56 Å². The van der Waals surface area contributed by atoms with E-state index in [1.807, 2.05) is 4.90 Å². The number of carboxylic acids is 1. The molecule has 2 N–H and O–H groups in total. The van der Waals surface area contributed by atoms with Gasteiger partial charge in [0.1, 0.15) is 0 Å². The van der Waals surface area contributed by atoms with Gasteiger partial charge in [-0.25, -0.2) is 18.2 Å². The lowest BCUT2D eigenvalue weighted by atomic mass is 10.2. The fourth-order valence-electron chi connectivity index (χ4n) is 2.66. The first-order valence-corrected chi connectivity index (χ1v) is 9.51. The average molecular weight is 377 g/mol. The standard InChI is InChI=1S/C17H19N3O5S/c1-12-3-2-4-14(9-12)26(23,24)19-15-10-13(17(21)22)11-18-16(15)20-5-7-25-8-6-20/h2-4,9-11,19H,5-8H2,1H3,(H,21,22). The van der Waals surface area contributed by atoms with E-state index in [-0.39, 0.29) is 16.1 Å². The molecule has 8 nitrogen and oxygen atoms in total. The van der Waals surface area contributed by atoms with Crippen molar-refractivity contribution < 1.29 is 23.1 Å². The van der Waals surface area contributed by atoms with Gasteiger partial charge in [-0.2, -0.15) is 0 Å². The van der Waals surface area contributed by atoms with Crippen molar-refractivity contribution in [1.29, 1.82) is 0 Å². The van der Waals surface area contributed by atoms with Crippen LogP contribution in [0.3, 0.4) is 0 Å². The predicted molar refractivity (Wildman–Crippen MR) is 96.2 cm³/mol. The fraction of sp³-hybridized carbons (Fsp3) is 0.294. The summed E-state index contributed by atoms with van der Waals surface area (Å²) in [5, 5.41) is 9.21. The Morgan fingerprint density at radius 2 is 2.00 bits per heavy atom. The van der Waals surface area contributed by atoms with Crippen LogP contribution in [0.5, 0.6) is 0 Å². The summed E-state index contributed by atoms with van der Waals surface area (Å²) in [7, 11) is -3.88. The molecule has 0 spiro atoms. The number of nitrogens with zero attached hydrogens (tertiary/aromatic N) is 2. The molecule has 0 bridgehead atoms. The maximum atomic E-state index is 12.7. The highest BCUT2D eigenvalue weighted by molar-refractivity contribution is 7.92. The number of carbonyl (C=O) groups is 1. The van der Waals surface area contributed by atoms with Crippen molar-refractivity contribution in [2.45, 2.75) is 11.8 Å². The number of aryl methyl sites for hydroxylation is 1. The van der Waals surface area contributed by atoms with Crippen LogP contribution < -0.4 is 9.62 Å². The van der Waals surface area contributed by atoms with Crippen LogP contribution in [0, 0.1) is 6.92 Å². The summed E-state index contributed by atoms with van der Waals surface area (Å²) >= 11 is 0. The fourth-order valence-corrected chi connectivity index (χ4v) is 3.82. The second kappa shape index (κ2) is 7.30. The topological polar surface area (TPSA) is 109 Å². The van der Waals surface area contributed by atoms with E-state index in [9.17, 15) is 18.3 Å². The summed E-state index contributed by atoms with van der Waals surface area (Å²) in [5.41, 5.74) is 0.843. The van der Waals surface area contributed by atoms with Gasteiger partial charge in [0, 0.05) is 19.3 Å². The van der Waals surface area contributed by atoms with Crippen LogP contribution in [-0.4, -0.2) is 50.8 Å². The van der Waals surface area contributed by atoms with Crippen LogP contribution in [-0.2, 0) is 14.8 Å². The molecule has 1 aromatic heterocycles. The van der Waals surface area contributed by atoms with Gasteiger partial charge in [-0.15, -0.1) is 0 Å². The zero-order valence-electron chi connectivity index (χ0n) is 14.2. The Bertz CT molecular complexity index is 924. The molecule has 26 heavy (non-hydrogen) atoms. The Morgan fingerprint density at radius 3 is 2.65 bits per heavy atom. The molecule has 9 heteroatoms. The van der Waals surface area contributed by atoms with E-state index in [1.54, 1.807) is 25.1 Å². The Kier molecular flexibility index (Phi) is 5.10. The Balaban J connectivity index is 2.01. The molecule has 2 heterocycles. The second-order valence-electron chi connectivity index (χ2n) is 5.92. The number of morpholine rings is 1. The highest BCUT2D eigenvalue weighted by Crippen LogP contribution is 2.28. The largest absolute Gasteiger partial charge is 0.478 e. The minimum Gasteiger partial charge on any atom is -0.478 e. The number of sulfonamides is 1. The van der Waals surface area contributed by atoms with Gasteiger partial charge in [0.25, 0.3) is 10.0 Å². The molecule has 0 unspecified atom stereocenters. The van der Waals surface area contributed by atoms with Gasteiger partial charge in [-0.05, 0) is 30.7 Å². The molecule has 0 aliphatic carbocycles. The zero-order chi connectivity index (χ0) is 18.7. The van der Waals surface area contributed by atoms with Crippen LogP contribution in [0.2, 0.25) is 0 Å². The number of hydrogen-bond donors (Lipinski definition) is 2. The van der Waals surface area contributed by atoms with Gasteiger partial charge in [-0.1, -0.05) is 12.1 Å². The first-order valence-electron chi connectivity index (χ1n) is 8.02. The molecule has 1 saturated heterocycles. The number of nitrogens with one attached hydrogen (secondary N) is 1. The first-order chi connectivity index (χ1) is 12.4. The summed E-state index contributed by atoms with van der Waals surface area (Å²) in [4.78, 5) is 17.4. The summed E-state index contributed by atoms with van der Waals surface area (Å²) in [6, 6.07) is 7.76. The van der Waals surface area contributed by atoms with E-state index in [2.05, 4.69) is 9.71 Å². The number of aromatic carboxylic acids is 1. The van der Waals surface area contributed by atoms with Crippen molar-refractivity contribution in [2.24, 2.45) is 0 Å². The monoisotopic (exact) mass is 377 g/mol. The zero-order valence-corrected chi connectivity index (χ0v) is 15.0. The number of rotatable bonds is 5. The molecule has 0 atom stereocenters. The molecule has 2 aromatic rings. The van der Waals surface area contributed by atoms with Crippen LogP contribution in [0.25, 0.3) is 0 Å².